The van der Waals surface area contributed by atoms with Crippen LogP contribution in [0.25, 0.3) is 0 Å². The number of hydrogen-bond donors (Lipinski definition) is 0. The Bertz CT molecular complexity index is 839. The molecule has 0 aromatic heterocycles. The Kier molecular flexibility index (Phi) is 6.81. The fraction of sp³-hybridized carbons (Fsp3) is 0.240. The first-order chi connectivity index (χ1) is 13.3. The maximum atomic E-state index is 5.94. The van der Waals surface area contributed by atoms with Gasteiger partial charge in [0.05, 0.1) is 18.0 Å². The highest BCUT2D eigenvalue weighted by Gasteiger charge is 2.08. The van der Waals surface area contributed by atoms with Crippen molar-refractivity contribution >= 4 is 11.4 Å². The minimum atomic E-state index is 0.578. The number of para-hydroxylation sites is 1. The summed E-state index contributed by atoms with van der Waals surface area (Å²) in [5.41, 5.74) is 4.10. The van der Waals surface area contributed by atoms with Crippen molar-refractivity contribution in [2.45, 2.75) is 26.7 Å². The molecule has 1 atom stereocenters. The van der Waals surface area contributed by atoms with Crippen molar-refractivity contribution in [1.29, 1.82) is 0 Å². The molecule has 0 aliphatic heterocycles. The zero-order chi connectivity index (χ0) is 18.9. The van der Waals surface area contributed by atoms with Crippen LogP contribution in [0.15, 0.2) is 89.9 Å². The highest BCUT2D eigenvalue weighted by Crippen LogP contribution is 2.21. The summed E-state index contributed by atoms with van der Waals surface area (Å²) in [7, 11) is 0. The van der Waals surface area contributed by atoms with Crippen LogP contribution in [-0.2, 0) is 0 Å². The lowest BCUT2D eigenvalue weighted by molar-refractivity contribution is 0.251. The second kappa shape index (κ2) is 9.72. The summed E-state index contributed by atoms with van der Waals surface area (Å²) >= 11 is 0. The van der Waals surface area contributed by atoms with E-state index in [0.717, 1.165) is 34.9 Å². The third kappa shape index (κ3) is 5.55. The molecule has 0 saturated heterocycles. The van der Waals surface area contributed by atoms with Crippen LogP contribution >= 0.6 is 0 Å². The Balaban J connectivity index is 1.84. The molecule has 3 rings (SSSR count). The lowest BCUT2D eigenvalue weighted by atomic mass is 10.0. The summed E-state index contributed by atoms with van der Waals surface area (Å²) in [6.45, 7) is 5.21. The van der Waals surface area contributed by atoms with Crippen molar-refractivity contribution in [2.24, 2.45) is 10.9 Å². The summed E-state index contributed by atoms with van der Waals surface area (Å²) in [6, 6.07) is 28.6. The number of ether oxygens (including phenoxy) is 1. The molecule has 0 aliphatic rings. The maximum absolute atomic E-state index is 5.94. The van der Waals surface area contributed by atoms with E-state index in [-0.39, 0.29) is 0 Å². The van der Waals surface area contributed by atoms with Gasteiger partial charge in [-0.25, -0.2) is 4.99 Å². The number of benzene rings is 3. The van der Waals surface area contributed by atoms with E-state index in [1.54, 1.807) is 0 Å². The molecule has 0 radical (unpaired) electrons. The Hall–Kier alpha value is -2.87. The smallest absolute Gasteiger partial charge is 0.119 e. The Morgan fingerprint density at radius 1 is 0.815 bits per heavy atom. The first-order valence-electron chi connectivity index (χ1n) is 9.68. The highest BCUT2D eigenvalue weighted by atomic mass is 16.5. The zero-order valence-corrected chi connectivity index (χ0v) is 16.1. The summed E-state index contributed by atoms with van der Waals surface area (Å²) in [5, 5.41) is 0. The van der Waals surface area contributed by atoms with Gasteiger partial charge in [-0.15, -0.1) is 0 Å². The van der Waals surface area contributed by atoms with Gasteiger partial charge in [-0.1, -0.05) is 68.8 Å². The SMILES string of the molecule is CCCC(C)COc1ccc(C(=Nc2ccccc2)c2ccccc2)cc1. The lowest BCUT2D eigenvalue weighted by Crippen LogP contribution is -2.08. The third-order valence-corrected chi connectivity index (χ3v) is 4.49. The predicted octanol–water partition coefficient (Wildman–Crippen LogP) is 6.67. The second-order valence-corrected chi connectivity index (χ2v) is 6.89. The largest absolute Gasteiger partial charge is 0.493 e. The van der Waals surface area contributed by atoms with E-state index in [4.69, 9.17) is 9.73 Å². The molecule has 27 heavy (non-hydrogen) atoms. The number of nitrogens with zero attached hydrogens (tertiary/aromatic N) is 1. The maximum Gasteiger partial charge on any atom is 0.119 e. The van der Waals surface area contributed by atoms with E-state index in [0.29, 0.717) is 5.92 Å². The molecule has 3 aromatic carbocycles. The van der Waals surface area contributed by atoms with E-state index < -0.39 is 0 Å². The van der Waals surface area contributed by atoms with Gasteiger partial charge in [-0.2, -0.15) is 0 Å². The number of aliphatic imine (C=N–C) groups is 1. The van der Waals surface area contributed by atoms with Crippen LogP contribution in [-0.4, -0.2) is 12.3 Å². The topological polar surface area (TPSA) is 21.6 Å². The van der Waals surface area contributed by atoms with Crippen LogP contribution in [0.1, 0.15) is 37.8 Å². The molecule has 0 heterocycles. The fourth-order valence-electron chi connectivity index (χ4n) is 3.05. The monoisotopic (exact) mass is 357 g/mol. The summed E-state index contributed by atoms with van der Waals surface area (Å²) in [5.74, 6) is 1.49. The normalized spacial score (nSPS) is 12.6. The molecule has 138 valence electrons. The molecular formula is C25H27NO. The van der Waals surface area contributed by atoms with Crippen molar-refractivity contribution in [2.75, 3.05) is 6.61 Å². The lowest BCUT2D eigenvalue weighted by Gasteiger charge is -2.13. The van der Waals surface area contributed by atoms with Gasteiger partial charge in [0.2, 0.25) is 0 Å². The van der Waals surface area contributed by atoms with E-state index in [9.17, 15) is 0 Å². The fourth-order valence-corrected chi connectivity index (χ4v) is 3.05. The van der Waals surface area contributed by atoms with Crippen LogP contribution in [0.3, 0.4) is 0 Å². The minimum Gasteiger partial charge on any atom is -0.493 e. The van der Waals surface area contributed by atoms with Gasteiger partial charge >= 0.3 is 0 Å². The van der Waals surface area contributed by atoms with Gasteiger partial charge in [0.25, 0.3) is 0 Å². The Morgan fingerprint density at radius 3 is 2.04 bits per heavy atom. The van der Waals surface area contributed by atoms with Gasteiger partial charge in [-0.3, -0.25) is 0 Å². The first-order valence-corrected chi connectivity index (χ1v) is 9.68. The van der Waals surface area contributed by atoms with Gasteiger partial charge in [0.15, 0.2) is 0 Å². The average molecular weight is 357 g/mol. The van der Waals surface area contributed by atoms with E-state index >= 15 is 0 Å². The van der Waals surface area contributed by atoms with E-state index in [1.165, 1.54) is 12.8 Å². The summed E-state index contributed by atoms with van der Waals surface area (Å²) in [4.78, 5) is 4.90. The molecule has 0 N–H and O–H groups in total. The first kappa shape index (κ1) is 18.9. The van der Waals surface area contributed by atoms with Crippen LogP contribution in [0.5, 0.6) is 5.75 Å². The van der Waals surface area contributed by atoms with Crippen LogP contribution in [0.2, 0.25) is 0 Å². The standard InChI is InChI=1S/C25H27NO/c1-3-10-20(2)19-27-24-17-15-22(16-18-24)25(21-11-6-4-7-12-21)26-23-13-8-5-9-14-23/h4-9,11-18,20H,3,10,19H2,1-2H3. The molecule has 2 nitrogen and oxygen atoms in total. The van der Waals surface area contributed by atoms with E-state index in [1.807, 2.05) is 60.7 Å². The minimum absolute atomic E-state index is 0.578. The molecule has 0 fully saturated rings. The van der Waals surface area contributed by atoms with Crippen molar-refractivity contribution in [3.05, 3.63) is 96.1 Å². The van der Waals surface area contributed by atoms with Crippen LogP contribution in [0.4, 0.5) is 5.69 Å². The van der Waals surface area contributed by atoms with Gasteiger partial charge in [-0.05, 0) is 48.7 Å². The quantitative estimate of drug-likeness (QED) is 0.412. The highest BCUT2D eigenvalue weighted by molar-refractivity contribution is 6.14. The molecule has 1 unspecified atom stereocenters. The zero-order valence-electron chi connectivity index (χ0n) is 16.1. The summed E-state index contributed by atoms with van der Waals surface area (Å²) < 4.78 is 5.94. The number of rotatable bonds is 8. The Morgan fingerprint density at radius 2 is 1.41 bits per heavy atom. The molecule has 0 aliphatic carbocycles. The van der Waals surface area contributed by atoms with Crippen molar-refractivity contribution in [3.63, 3.8) is 0 Å². The van der Waals surface area contributed by atoms with Crippen LogP contribution < -0.4 is 4.74 Å². The van der Waals surface area contributed by atoms with Gasteiger partial charge < -0.3 is 4.74 Å². The van der Waals surface area contributed by atoms with E-state index in [2.05, 4.69) is 38.1 Å². The molecular weight excluding hydrogens is 330 g/mol. The molecule has 0 amide bonds. The predicted molar refractivity (Wildman–Crippen MR) is 114 cm³/mol. The van der Waals surface area contributed by atoms with Crippen molar-refractivity contribution in [1.82, 2.24) is 0 Å². The molecule has 0 saturated carbocycles. The second-order valence-electron chi connectivity index (χ2n) is 6.89. The van der Waals surface area contributed by atoms with Gasteiger partial charge in [0, 0.05) is 11.1 Å². The molecule has 0 bridgehead atoms. The van der Waals surface area contributed by atoms with Crippen molar-refractivity contribution in [3.8, 4) is 5.75 Å². The van der Waals surface area contributed by atoms with Gasteiger partial charge in [0.1, 0.15) is 5.75 Å². The summed E-state index contributed by atoms with van der Waals surface area (Å²) in [6.07, 6.45) is 2.39. The van der Waals surface area contributed by atoms with Crippen LogP contribution in [0, 0.1) is 5.92 Å². The average Bonchev–Trinajstić information content (AvgIpc) is 2.73. The third-order valence-electron chi connectivity index (χ3n) is 4.49. The molecule has 3 aromatic rings. The Labute approximate surface area is 162 Å². The van der Waals surface area contributed by atoms with Crippen molar-refractivity contribution < 1.29 is 4.74 Å². The molecule has 0 spiro atoms. The molecule has 2 heteroatoms. The number of hydrogen-bond acceptors (Lipinski definition) is 2.